The van der Waals surface area contributed by atoms with E-state index in [0.717, 1.165) is 74.3 Å². The van der Waals surface area contributed by atoms with Crippen LogP contribution < -0.4 is 21.3 Å². The molecular weight excluding hydrogens is 1220 g/mol. The second-order valence-corrected chi connectivity index (χ2v) is 21.2. The number of carbonyl (C=O) groups excluding carboxylic acids is 5. The molecular formula is C60H100Fe2N6O15S2. The number of thioether (sulfide) groups is 1. The van der Waals surface area contributed by atoms with E-state index in [4.69, 9.17) is 28.4 Å². The van der Waals surface area contributed by atoms with E-state index in [1.165, 1.54) is 83.3 Å². The SMILES string of the molecule is C1CCCC1.C1CCCC1.CC(=O)SCc1ccc([N+](=O)[O-])c(C(C)OC(=O)NCCOCCOCCNC(=O)C2CCCC2)c1.CC(OC(=O)NCCOCCOCCNC(=O)C1CCCC1)c1cc(CS)ccc1[N+](=O)[O-].[CH3-].[CH3-].[CH3-].[CH3-].[Fe+2].[Fe+2]. The molecule has 0 radical (unpaired) electrons. The number of hydrogen-bond donors (Lipinski definition) is 5. The molecule has 0 heterocycles. The third-order valence-corrected chi connectivity index (χ3v) is 14.7. The minimum absolute atomic E-state index is 0. The standard InChI is InChI=1S/C24H35N3O8S.C22H33N3O7S.2C5H10.4CH3.2Fe/c1-17(21-15-19(16-36-18(2)28)7-8-22(21)27(31)32)35-24(30)26-10-12-34-14-13-33-11-9-25-23(29)20-5-3-4-6-20;1-16(19-14-17(15-33)6-7-20(19)25(28)29)32-22(27)24-9-11-31-13-12-30-10-8-23-21(26)18-4-2-3-5-18;2*1-2-4-5-3-1;;;;;;/h7-8,15,17,20H,3-6,9-14,16H2,1-2H3,(H,25,29)(H,26,30);6-7,14,16,18,33H,2-5,8-13,15H2,1H3,(H,23,26)(H,24,27);2*1-5H2;4*1H3;;/q;;;;4*-1;2*+2. The fourth-order valence-corrected chi connectivity index (χ4v) is 9.86. The summed E-state index contributed by atoms with van der Waals surface area (Å²) in [5, 5.41) is 33.4. The molecule has 4 aliphatic rings. The summed E-state index contributed by atoms with van der Waals surface area (Å²) in [7, 11) is 0. The Labute approximate surface area is 538 Å². The summed E-state index contributed by atoms with van der Waals surface area (Å²) in [4.78, 5) is 80.6. The third-order valence-electron chi connectivity index (χ3n) is 13.5. The Hall–Kier alpha value is -4.03. The summed E-state index contributed by atoms with van der Waals surface area (Å²) >= 11 is 5.27. The predicted octanol–water partition coefficient (Wildman–Crippen LogP) is 12.3. The van der Waals surface area contributed by atoms with Crippen LogP contribution in [-0.2, 0) is 88.4 Å². The zero-order valence-corrected chi connectivity index (χ0v) is 55.4. The van der Waals surface area contributed by atoms with Gasteiger partial charge in [-0.1, -0.05) is 114 Å². The van der Waals surface area contributed by atoms with Crippen LogP contribution >= 0.6 is 24.4 Å². The number of nitrogens with one attached hydrogen (secondary N) is 4. The molecule has 85 heavy (non-hydrogen) atoms. The van der Waals surface area contributed by atoms with Crippen molar-refractivity contribution in [2.75, 3.05) is 79.0 Å². The zero-order valence-electron chi connectivity index (χ0n) is 51.5. The minimum Gasteiger partial charge on any atom is -0.441 e. The van der Waals surface area contributed by atoms with Crippen molar-refractivity contribution < 1.29 is 96.4 Å². The third kappa shape index (κ3) is 39.5. The second-order valence-electron chi connectivity index (χ2n) is 19.7. The normalized spacial score (nSPS) is 14.5. The van der Waals surface area contributed by atoms with Gasteiger partial charge >= 0.3 is 46.3 Å². The van der Waals surface area contributed by atoms with E-state index in [-0.39, 0.29) is 136 Å². The summed E-state index contributed by atoms with van der Waals surface area (Å²) in [5.41, 5.74) is 1.81. The maximum atomic E-state index is 12.1. The van der Waals surface area contributed by atoms with E-state index in [1.807, 2.05) is 0 Å². The second kappa shape index (κ2) is 54.1. The van der Waals surface area contributed by atoms with Gasteiger partial charge in [0.1, 0.15) is 12.2 Å². The Morgan fingerprint density at radius 3 is 1.13 bits per heavy atom. The molecule has 25 heteroatoms. The van der Waals surface area contributed by atoms with Gasteiger partial charge in [0.25, 0.3) is 11.4 Å². The van der Waals surface area contributed by atoms with Crippen LogP contribution in [-0.4, -0.2) is 118 Å². The van der Waals surface area contributed by atoms with Crippen LogP contribution in [0, 0.1) is 61.8 Å². The number of carbonyl (C=O) groups is 5. The molecule has 4 N–H and O–H groups in total. The van der Waals surface area contributed by atoms with Crippen LogP contribution in [0.5, 0.6) is 0 Å². The first-order chi connectivity index (χ1) is 38.2. The molecule has 2 atom stereocenters. The fourth-order valence-electron chi connectivity index (χ4n) is 9.12. The van der Waals surface area contributed by atoms with Gasteiger partial charge in [0, 0.05) is 68.6 Å². The van der Waals surface area contributed by atoms with E-state index in [1.54, 1.807) is 38.1 Å². The van der Waals surface area contributed by atoms with Crippen molar-refractivity contribution >= 4 is 64.9 Å². The Morgan fingerprint density at radius 1 is 0.518 bits per heavy atom. The Kier molecular flexibility index (Phi) is 55.7. The first-order valence-electron chi connectivity index (χ1n) is 28.2. The fraction of sp³-hybridized carbons (Fsp3) is 0.650. The van der Waals surface area contributed by atoms with Gasteiger partial charge in [-0.05, 0) is 62.8 Å². The molecule has 4 aliphatic carbocycles. The van der Waals surface area contributed by atoms with Gasteiger partial charge in [-0.15, -0.1) is 0 Å². The maximum absolute atomic E-state index is 12.1. The maximum Gasteiger partial charge on any atom is 2.00 e. The number of nitrogens with zero attached hydrogens (tertiary/aromatic N) is 2. The van der Waals surface area contributed by atoms with E-state index >= 15 is 0 Å². The monoisotopic (exact) mass is 1320 g/mol. The molecule has 2 aromatic carbocycles. The number of amides is 4. The number of nitro benzene ring substituents is 2. The number of rotatable bonds is 29. The van der Waals surface area contributed by atoms with Crippen molar-refractivity contribution in [1.82, 2.24) is 21.3 Å². The number of alkyl carbamates (subject to hydrolysis) is 2. The van der Waals surface area contributed by atoms with E-state index < -0.39 is 34.2 Å². The van der Waals surface area contributed by atoms with Gasteiger partial charge in [-0.2, -0.15) is 12.6 Å². The topological polar surface area (TPSA) is 275 Å². The summed E-state index contributed by atoms with van der Waals surface area (Å²) in [6.07, 6.45) is 20.3. The predicted molar refractivity (Wildman–Crippen MR) is 332 cm³/mol. The molecule has 0 saturated heterocycles. The van der Waals surface area contributed by atoms with Crippen LogP contribution in [0.1, 0.15) is 171 Å². The smallest absolute Gasteiger partial charge is 0.441 e. The molecule has 4 saturated carbocycles. The van der Waals surface area contributed by atoms with E-state index in [2.05, 4.69) is 33.9 Å². The van der Waals surface area contributed by atoms with Gasteiger partial charge < -0.3 is 79.4 Å². The number of nitro groups is 2. The van der Waals surface area contributed by atoms with Crippen molar-refractivity contribution in [2.24, 2.45) is 11.8 Å². The summed E-state index contributed by atoms with van der Waals surface area (Å²) in [6, 6.07) is 9.13. The van der Waals surface area contributed by atoms with Gasteiger partial charge in [-0.25, -0.2) is 9.59 Å². The van der Waals surface area contributed by atoms with Crippen molar-refractivity contribution in [2.45, 2.75) is 160 Å². The summed E-state index contributed by atoms with van der Waals surface area (Å²) < 4.78 is 32.2. The Morgan fingerprint density at radius 2 is 0.824 bits per heavy atom. The number of ether oxygens (including phenoxy) is 6. The molecule has 0 aliphatic heterocycles. The van der Waals surface area contributed by atoms with Gasteiger partial charge in [0.15, 0.2) is 5.12 Å². The quantitative estimate of drug-likeness (QED) is 0.0126. The van der Waals surface area contributed by atoms with Crippen molar-refractivity contribution in [3.63, 3.8) is 0 Å². The average Bonchev–Trinajstić information content (AvgIpc) is 4.51. The number of thiol groups is 1. The van der Waals surface area contributed by atoms with Gasteiger partial charge in [-0.3, -0.25) is 34.6 Å². The van der Waals surface area contributed by atoms with E-state index in [9.17, 15) is 44.2 Å². The van der Waals surface area contributed by atoms with Crippen LogP contribution in [0.3, 0.4) is 0 Å². The molecule has 2 aromatic rings. The molecule has 4 fully saturated rings. The average molecular weight is 1320 g/mol. The number of benzene rings is 2. The van der Waals surface area contributed by atoms with Crippen molar-refractivity contribution in [1.29, 1.82) is 0 Å². The molecule has 4 amide bonds. The van der Waals surface area contributed by atoms with Crippen LogP contribution in [0.2, 0.25) is 0 Å². The van der Waals surface area contributed by atoms with Gasteiger partial charge in [0.05, 0.1) is 73.8 Å². The van der Waals surface area contributed by atoms with Crippen molar-refractivity contribution in [3.8, 4) is 0 Å². The summed E-state index contributed by atoms with van der Waals surface area (Å²) in [6.45, 7) is 8.71. The molecule has 0 aromatic heterocycles. The molecule has 488 valence electrons. The molecule has 21 nitrogen and oxygen atoms in total. The first kappa shape index (κ1) is 87.4. The molecule has 0 spiro atoms. The summed E-state index contributed by atoms with van der Waals surface area (Å²) in [5.74, 6) is 1.31. The minimum atomic E-state index is -0.865. The van der Waals surface area contributed by atoms with Crippen molar-refractivity contribution in [3.05, 3.63) is 109 Å². The van der Waals surface area contributed by atoms with E-state index in [0.29, 0.717) is 69.8 Å². The largest absolute Gasteiger partial charge is 2.00 e. The Balaban J connectivity index is -0.000000621. The van der Waals surface area contributed by atoms with Crippen LogP contribution in [0.15, 0.2) is 36.4 Å². The molecule has 6 rings (SSSR count). The molecule has 2 unspecified atom stereocenters. The Bertz CT molecular complexity index is 2110. The first-order valence-corrected chi connectivity index (χ1v) is 29.9. The van der Waals surface area contributed by atoms with Gasteiger partial charge in [0.2, 0.25) is 11.8 Å². The van der Waals surface area contributed by atoms with Crippen LogP contribution in [0.25, 0.3) is 0 Å². The van der Waals surface area contributed by atoms with Crippen LogP contribution in [0.4, 0.5) is 21.0 Å². The number of hydrogen-bond acceptors (Lipinski definition) is 17. The molecule has 0 bridgehead atoms. The zero-order chi connectivity index (χ0) is 57.5.